The summed E-state index contributed by atoms with van der Waals surface area (Å²) in [6, 6.07) is 12.8. The van der Waals surface area contributed by atoms with Crippen LogP contribution in [0.15, 0.2) is 36.4 Å². The van der Waals surface area contributed by atoms with Gasteiger partial charge in [0.1, 0.15) is 11.5 Å². The molecule has 2 heterocycles. The molecule has 0 N–H and O–H groups in total. The van der Waals surface area contributed by atoms with Crippen LogP contribution in [0.5, 0.6) is 17.2 Å². The van der Waals surface area contributed by atoms with Crippen molar-refractivity contribution in [2.75, 3.05) is 27.9 Å². The molecule has 2 unspecified atom stereocenters. The molecule has 0 aliphatic carbocycles. The molecule has 2 aromatic rings. The van der Waals surface area contributed by atoms with Crippen LogP contribution in [-0.2, 0) is 16.8 Å². The maximum absolute atomic E-state index is 12.9. The van der Waals surface area contributed by atoms with Crippen LogP contribution in [0.4, 0.5) is 0 Å². The van der Waals surface area contributed by atoms with E-state index in [1.54, 1.807) is 21.3 Å². The van der Waals surface area contributed by atoms with Gasteiger partial charge in [0.2, 0.25) is 0 Å². The Labute approximate surface area is 185 Å². The fourth-order valence-electron chi connectivity index (χ4n) is 5.48. The summed E-state index contributed by atoms with van der Waals surface area (Å²) in [6.07, 6.45) is 5.51. The number of nitrogens with zero attached hydrogens (tertiary/aromatic N) is 1. The molecular weight excluding hydrogens is 390 g/mol. The monoisotopic (exact) mass is 423 g/mol. The van der Waals surface area contributed by atoms with E-state index in [2.05, 4.69) is 36.1 Å². The molecule has 0 bridgehead atoms. The van der Waals surface area contributed by atoms with Crippen LogP contribution in [0.3, 0.4) is 0 Å². The molecule has 0 radical (unpaired) electrons. The minimum atomic E-state index is -0.493. The Kier molecular flexibility index (Phi) is 6.24. The summed E-state index contributed by atoms with van der Waals surface area (Å²) in [6.45, 7) is 3.02. The number of methoxy groups -OCH3 is 3. The fourth-order valence-corrected chi connectivity index (χ4v) is 5.48. The lowest BCUT2D eigenvalue weighted by atomic mass is 9.68. The van der Waals surface area contributed by atoms with E-state index >= 15 is 0 Å². The summed E-state index contributed by atoms with van der Waals surface area (Å²) in [5.74, 6) is 2.58. The zero-order valence-electron chi connectivity index (χ0n) is 19.1. The van der Waals surface area contributed by atoms with Gasteiger partial charge in [-0.05, 0) is 53.8 Å². The van der Waals surface area contributed by atoms with Crippen molar-refractivity contribution in [3.8, 4) is 17.2 Å². The third kappa shape index (κ3) is 3.69. The summed E-state index contributed by atoms with van der Waals surface area (Å²) >= 11 is 0. The van der Waals surface area contributed by atoms with E-state index < -0.39 is 5.54 Å². The number of fused-ring (bicyclic) bond motifs is 3. The minimum absolute atomic E-state index is 0.309. The largest absolute Gasteiger partial charge is 0.497 e. The van der Waals surface area contributed by atoms with Crippen LogP contribution in [0.25, 0.3) is 0 Å². The van der Waals surface area contributed by atoms with Crippen molar-refractivity contribution in [1.82, 2.24) is 4.90 Å². The first-order valence-electron chi connectivity index (χ1n) is 11.3. The van der Waals surface area contributed by atoms with Gasteiger partial charge >= 0.3 is 0 Å². The highest BCUT2D eigenvalue weighted by Crippen LogP contribution is 2.51. The lowest BCUT2D eigenvalue weighted by Gasteiger charge is -2.55. The molecule has 2 aliphatic rings. The average Bonchev–Trinajstić information content (AvgIpc) is 2.81. The van der Waals surface area contributed by atoms with E-state index in [0.717, 1.165) is 48.4 Å². The smallest absolute Gasteiger partial charge is 0.161 e. The quantitative estimate of drug-likeness (QED) is 0.644. The fraction of sp³-hybridized carbons (Fsp3) is 0.500. The molecule has 31 heavy (non-hydrogen) atoms. The molecular formula is C26H33NO4. The summed E-state index contributed by atoms with van der Waals surface area (Å²) in [5, 5.41) is 0. The number of piperidine rings is 1. The van der Waals surface area contributed by atoms with Crippen LogP contribution < -0.4 is 14.2 Å². The highest BCUT2D eigenvalue weighted by Gasteiger charge is 2.51. The second-order valence-electron chi connectivity index (χ2n) is 8.61. The second kappa shape index (κ2) is 8.91. The lowest BCUT2D eigenvalue weighted by Crippen LogP contribution is -2.60. The van der Waals surface area contributed by atoms with Gasteiger partial charge in [-0.15, -0.1) is 0 Å². The Morgan fingerprint density at radius 3 is 2.39 bits per heavy atom. The number of carbonyl (C=O) groups excluding carboxylic acids is 1. The van der Waals surface area contributed by atoms with E-state index in [1.165, 1.54) is 12.0 Å². The van der Waals surface area contributed by atoms with Crippen molar-refractivity contribution in [3.05, 3.63) is 53.1 Å². The SMILES string of the molecule is CCCCC1Cc2cc(OC)c(OC)cc2C2(c3ccc(OC)cc3)CC(=O)CCN12. The number of carbonyl (C=O) groups is 1. The van der Waals surface area contributed by atoms with Gasteiger partial charge < -0.3 is 14.2 Å². The molecule has 166 valence electrons. The molecule has 5 nitrogen and oxygen atoms in total. The second-order valence-corrected chi connectivity index (χ2v) is 8.61. The van der Waals surface area contributed by atoms with Crippen molar-refractivity contribution in [2.24, 2.45) is 0 Å². The highest BCUT2D eigenvalue weighted by atomic mass is 16.5. The zero-order chi connectivity index (χ0) is 22.0. The van der Waals surface area contributed by atoms with Crippen LogP contribution in [0, 0.1) is 0 Å². The number of ether oxygens (including phenoxy) is 3. The van der Waals surface area contributed by atoms with Gasteiger partial charge in [-0.25, -0.2) is 0 Å². The third-order valence-corrected chi connectivity index (χ3v) is 6.98. The van der Waals surface area contributed by atoms with E-state index in [0.29, 0.717) is 30.4 Å². The summed E-state index contributed by atoms with van der Waals surface area (Å²) in [5.41, 5.74) is 3.06. The van der Waals surface area contributed by atoms with Crippen molar-refractivity contribution in [2.45, 2.75) is 57.0 Å². The Morgan fingerprint density at radius 1 is 1.03 bits per heavy atom. The number of ketones is 1. The first-order valence-corrected chi connectivity index (χ1v) is 11.3. The van der Waals surface area contributed by atoms with Gasteiger partial charge in [-0.1, -0.05) is 31.9 Å². The van der Waals surface area contributed by atoms with Gasteiger partial charge in [-0.3, -0.25) is 9.69 Å². The number of rotatable bonds is 7. The zero-order valence-corrected chi connectivity index (χ0v) is 19.1. The number of Topliss-reactive ketones (excluding diaryl/α,β-unsaturated/α-hetero) is 1. The molecule has 0 aromatic heterocycles. The van der Waals surface area contributed by atoms with Gasteiger partial charge in [0, 0.05) is 25.4 Å². The van der Waals surface area contributed by atoms with Crippen molar-refractivity contribution in [3.63, 3.8) is 0 Å². The van der Waals surface area contributed by atoms with Crippen molar-refractivity contribution < 1.29 is 19.0 Å². The average molecular weight is 424 g/mol. The lowest BCUT2D eigenvalue weighted by molar-refractivity contribution is -0.127. The standard InChI is InChI=1S/C26H33NO4/c1-5-6-7-20-14-18-15-24(30-3)25(31-4)16-23(18)26(17-21(28)12-13-27(20)26)19-8-10-22(29-2)11-9-19/h8-11,15-16,20H,5-7,12-14,17H2,1-4H3. The summed E-state index contributed by atoms with van der Waals surface area (Å²) < 4.78 is 16.7. The topological polar surface area (TPSA) is 48.0 Å². The third-order valence-electron chi connectivity index (χ3n) is 6.98. The van der Waals surface area contributed by atoms with Crippen LogP contribution in [-0.4, -0.2) is 44.6 Å². The first-order chi connectivity index (χ1) is 15.1. The maximum Gasteiger partial charge on any atom is 0.161 e. The van der Waals surface area contributed by atoms with Crippen LogP contribution in [0.1, 0.15) is 55.7 Å². The molecule has 0 amide bonds. The molecule has 5 heteroatoms. The molecule has 1 saturated heterocycles. The van der Waals surface area contributed by atoms with Crippen LogP contribution >= 0.6 is 0 Å². The molecule has 1 fully saturated rings. The predicted molar refractivity (Wildman–Crippen MR) is 121 cm³/mol. The van der Waals surface area contributed by atoms with E-state index in [4.69, 9.17) is 14.2 Å². The van der Waals surface area contributed by atoms with Gasteiger partial charge in [-0.2, -0.15) is 0 Å². The molecule has 0 saturated carbocycles. The Bertz CT molecular complexity index is 939. The number of hydrogen-bond acceptors (Lipinski definition) is 5. The highest BCUT2D eigenvalue weighted by molar-refractivity contribution is 5.82. The van der Waals surface area contributed by atoms with Crippen molar-refractivity contribution in [1.29, 1.82) is 0 Å². The van der Waals surface area contributed by atoms with E-state index in [-0.39, 0.29) is 0 Å². The molecule has 2 aromatic carbocycles. The molecule has 2 atom stereocenters. The van der Waals surface area contributed by atoms with Crippen molar-refractivity contribution >= 4 is 5.78 Å². The number of benzene rings is 2. The van der Waals surface area contributed by atoms with E-state index in [1.807, 2.05) is 12.1 Å². The number of hydrogen-bond donors (Lipinski definition) is 0. The van der Waals surface area contributed by atoms with Gasteiger partial charge in [0.05, 0.1) is 26.9 Å². The predicted octanol–water partition coefficient (Wildman–Crippen LogP) is 4.74. The minimum Gasteiger partial charge on any atom is -0.497 e. The molecule has 4 rings (SSSR count). The Hall–Kier alpha value is -2.53. The summed E-state index contributed by atoms with van der Waals surface area (Å²) in [4.78, 5) is 15.5. The number of unbranched alkanes of at least 4 members (excludes halogenated alkanes) is 1. The van der Waals surface area contributed by atoms with Gasteiger partial charge in [0.15, 0.2) is 11.5 Å². The maximum atomic E-state index is 12.9. The Morgan fingerprint density at radius 2 is 1.74 bits per heavy atom. The van der Waals surface area contributed by atoms with Crippen LogP contribution in [0.2, 0.25) is 0 Å². The molecule has 2 aliphatic heterocycles. The van der Waals surface area contributed by atoms with E-state index in [9.17, 15) is 4.79 Å². The summed E-state index contributed by atoms with van der Waals surface area (Å²) in [7, 11) is 5.02. The molecule has 0 spiro atoms. The van der Waals surface area contributed by atoms with Gasteiger partial charge in [0.25, 0.3) is 0 Å². The Balaban J connectivity index is 1.96. The normalized spacial score (nSPS) is 23.1. The first kappa shape index (κ1) is 21.7.